The van der Waals surface area contributed by atoms with Crippen molar-refractivity contribution in [2.24, 2.45) is 0 Å². The topological polar surface area (TPSA) is 53.4 Å². The van der Waals surface area contributed by atoms with E-state index < -0.39 is 0 Å². The quantitative estimate of drug-likeness (QED) is 0.655. The number of carbonyl (C=O) groups excluding carboxylic acids is 1. The molecule has 156 valence electrons. The monoisotopic (exact) mass is 403 g/mol. The Morgan fingerprint density at radius 2 is 1.70 bits per heavy atom. The SMILES string of the molecule is CCN1CCN(c2ccc(NC(=O)CCc3cnn(-c4ccccc4)c3)cc2)CC1. The molecule has 1 N–H and O–H groups in total. The lowest BCUT2D eigenvalue weighted by molar-refractivity contribution is -0.116. The first-order valence-electron chi connectivity index (χ1n) is 10.7. The molecule has 30 heavy (non-hydrogen) atoms. The molecule has 1 fully saturated rings. The number of nitrogens with zero attached hydrogens (tertiary/aromatic N) is 4. The highest BCUT2D eigenvalue weighted by atomic mass is 16.1. The number of amides is 1. The molecular formula is C24H29N5O. The van der Waals surface area contributed by atoms with E-state index in [-0.39, 0.29) is 5.91 Å². The second-order valence-corrected chi connectivity index (χ2v) is 7.65. The Labute approximate surface area is 178 Å². The van der Waals surface area contributed by atoms with Crippen LogP contribution in [0.5, 0.6) is 0 Å². The van der Waals surface area contributed by atoms with Gasteiger partial charge < -0.3 is 15.1 Å². The molecule has 1 aliphatic heterocycles. The molecule has 0 radical (unpaired) electrons. The summed E-state index contributed by atoms with van der Waals surface area (Å²) in [7, 11) is 0. The molecule has 2 heterocycles. The van der Waals surface area contributed by atoms with Crippen molar-refractivity contribution in [2.75, 3.05) is 42.9 Å². The molecule has 1 aromatic heterocycles. The summed E-state index contributed by atoms with van der Waals surface area (Å²) < 4.78 is 1.84. The first-order chi connectivity index (χ1) is 14.7. The maximum atomic E-state index is 12.4. The third kappa shape index (κ3) is 5.07. The Balaban J connectivity index is 1.26. The lowest BCUT2D eigenvalue weighted by Gasteiger charge is -2.35. The maximum absolute atomic E-state index is 12.4. The van der Waals surface area contributed by atoms with Gasteiger partial charge in [0, 0.05) is 50.2 Å². The molecular weight excluding hydrogens is 374 g/mol. The Morgan fingerprint density at radius 3 is 2.40 bits per heavy atom. The zero-order chi connectivity index (χ0) is 20.8. The van der Waals surface area contributed by atoms with Gasteiger partial charge in [0.15, 0.2) is 0 Å². The smallest absolute Gasteiger partial charge is 0.224 e. The fourth-order valence-corrected chi connectivity index (χ4v) is 3.77. The van der Waals surface area contributed by atoms with Gasteiger partial charge in [0.2, 0.25) is 5.91 Å². The lowest BCUT2D eigenvalue weighted by atomic mass is 10.2. The second kappa shape index (κ2) is 9.59. The summed E-state index contributed by atoms with van der Waals surface area (Å²) in [5.41, 5.74) is 4.13. The number of para-hydroxylation sites is 1. The van der Waals surface area contributed by atoms with E-state index in [4.69, 9.17) is 0 Å². The fourth-order valence-electron chi connectivity index (χ4n) is 3.77. The summed E-state index contributed by atoms with van der Waals surface area (Å²) in [6.07, 6.45) is 4.91. The van der Waals surface area contributed by atoms with E-state index in [2.05, 4.69) is 39.3 Å². The summed E-state index contributed by atoms with van der Waals surface area (Å²) >= 11 is 0. The average Bonchev–Trinajstić information content (AvgIpc) is 3.28. The van der Waals surface area contributed by atoms with E-state index >= 15 is 0 Å². The molecule has 1 aliphatic rings. The van der Waals surface area contributed by atoms with Gasteiger partial charge in [0.25, 0.3) is 0 Å². The normalized spacial score (nSPS) is 14.6. The second-order valence-electron chi connectivity index (χ2n) is 7.65. The van der Waals surface area contributed by atoms with Crippen molar-refractivity contribution < 1.29 is 4.79 Å². The van der Waals surface area contributed by atoms with E-state index in [0.717, 1.165) is 49.7 Å². The van der Waals surface area contributed by atoms with Gasteiger partial charge in [-0.25, -0.2) is 4.68 Å². The first-order valence-corrected chi connectivity index (χ1v) is 10.7. The Hall–Kier alpha value is -3.12. The Bertz CT molecular complexity index is 943. The zero-order valence-electron chi connectivity index (χ0n) is 17.5. The number of hydrogen-bond donors (Lipinski definition) is 1. The summed E-state index contributed by atoms with van der Waals surface area (Å²) in [4.78, 5) is 17.2. The first kappa shape index (κ1) is 20.2. The van der Waals surface area contributed by atoms with Crippen molar-refractivity contribution in [3.05, 3.63) is 72.6 Å². The minimum atomic E-state index is 0.0202. The van der Waals surface area contributed by atoms with Gasteiger partial charge >= 0.3 is 0 Å². The Morgan fingerprint density at radius 1 is 0.967 bits per heavy atom. The highest BCUT2D eigenvalue weighted by Crippen LogP contribution is 2.20. The van der Waals surface area contributed by atoms with Crippen LogP contribution in [0.3, 0.4) is 0 Å². The van der Waals surface area contributed by atoms with Crippen molar-refractivity contribution in [2.45, 2.75) is 19.8 Å². The fraction of sp³-hybridized carbons (Fsp3) is 0.333. The largest absolute Gasteiger partial charge is 0.369 e. The standard InChI is InChI=1S/C24H29N5O/c1-2-27-14-16-28(17-15-27)22-11-9-21(10-12-22)26-24(30)13-8-20-18-25-29(19-20)23-6-4-3-5-7-23/h3-7,9-12,18-19H,2,8,13-17H2,1H3,(H,26,30). The third-order valence-corrected chi connectivity index (χ3v) is 5.63. The highest BCUT2D eigenvalue weighted by molar-refractivity contribution is 5.91. The van der Waals surface area contributed by atoms with Crippen LogP contribution in [0.15, 0.2) is 67.0 Å². The number of anilines is 2. The molecule has 0 atom stereocenters. The Kier molecular flexibility index (Phi) is 6.44. The van der Waals surface area contributed by atoms with E-state index in [1.165, 1.54) is 5.69 Å². The van der Waals surface area contributed by atoms with Crippen LogP contribution in [-0.4, -0.2) is 53.3 Å². The molecule has 1 saturated heterocycles. The number of nitrogens with one attached hydrogen (secondary N) is 1. The molecule has 0 spiro atoms. The number of hydrogen-bond acceptors (Lipinski definition) is 4. The zero-order valence-corrected chi connectivity index (χ0v) is 17.5. The summed E-state index contributed by atoms with van der Waals surface area (Å²) in [6.45, 7) is 7.65. The third-order valence-electron chi connectivity index (χ3n) is 5.63. The highest BCUT2D eigenvalue weighted by Gasteiger charge is 2.15. The minimum Gasteiger partial charge on any atom is -0.369 e. The van der Waals surface area contributed by atoms with Gasteiger partial charge in [0.05, 0.1) is 11.9 Å². The maximum Gasteiger partial charge on any atom is 0.224 e. The number of rotatable bonds is 7. The predicted octanol–water partition coefficient (Wildman–Crippen LogP) is 3.59. The summed E-state index contributed by atoms with van der Waals surface area (Å²) in [5, 5.41) is 7.39. The van der Waals surface area contributed by atoms with Crippen molar-refractivity contribution in [1.29, 1.82) is 0 Å². The van der Waals surface area contributed by atoms with E-state index in [9.17, 15) is 4.79 Å². The van der Waals surface area contributed by atoms with E-state index in [1.54, 1.807) is 0 Å². The van der Waals surface area contributed by atoms with Crippen molar-refractivity contribution in [1.82, 2.24) is 14.7 Å². The van der Waals surface area contributed by atoms with Crippen molar-refractivity contribution in [3.63, 3.8) is 0 Å². The van der Waals surface area contributed by atoms with Gasteiger partial charge in [-0.15, -0.1) is 0 Å². The number of likely N-dealkylation sites (N-methyl/N-ethyl adjacent to an activating group) is 1. The van der Waals surface area contributed by atoms with Crippen LogP contribution < -0.4 is 10.2 Å². The van der Waals surface area contributed by atoms with Crippen LogP contribution >= 0.6 is 0 Å². The number of piperazine rings is 1. The van der Waals surface area contributed by atoms with Crippen LogP contribution in [0, 0.1) is 0 Å². The van der Waals surface area contributed by atoms with E-state index in [0.29, 0.717) is 12.8 Å². The van der Waals surface area contributed by atoms with Crippen molar-refractivity contribution >= 4 is 17.3 Å². The van der Waals surface area contributed by atoms with Crippen LogP contribution in [-0.2, 0) is 11.2 Å². The number of carbonyl (C=O) groups is 1. The van der Waals surface area contributed by atoms with Gasteiger partial charge in [0.1, 0.15) is 0 Å². The average molecular weight is 404 g/mol. The summed E-state index contributed by atoms with van der Waals surface area (Å²) in [6, 6.07) is 18.2. The van der Waals surface area contributed by atoms with Crippen LogP contribution in [0.25, 0.3) is 5.69 Å². The molecule has 6 nitrogen and oxygen atoms in total. The van der Waals surface area contributed by atoms with Crippen molar-refractivity contribution in [3.8, 4) is 5.69 Å². The minimum absolute atomic E-state index is 0.0202. The molecule has 6 heteroatoms. The van der Waals surface area contributed by atoms with Gasteiger partial charge in [-0.2, -0.15) is 5.10 Å². The van der Waals surface area contributed by atoms with Gasteiger partial charge in [-0.3, -0.25) is 4.79 Å². The molecule has 3 aromatic rings. The number of aromatic nitrogens is 2. The van der Waals surface area contributed by atoms with Gasteiger partial charge in [-0.1, -0.05) is 25.1 Å². The molecule has 2 aromatic carbocycles. The molecule has 1 amide bonds. The van der Waals surface area contributed by atoms with Crippen LogP contribution in [0.1, 0.15) is 18.9 Å². The molecule has 0 bridgehead atoms. The van der Waals surface area contributed by atoms with Crippen LogP contribution in [0.4, 0.5) is 11.4 Å². The molecule has 4 rings (SSSR count). The lowest BCUT2D eigenvalue weighted by Crippen LogP contribution is -2.46. The van der Waals surface area contributed by atoms with Gasteiger partial charge in [-0.05, 0) is 54.9 Å². The van der Waals surface area contributed by atoms with E-state index in [1.807, 2.05) is 59.5 Å². The molecule has 0 saturated carbocycles. The van der Waals surface area contributed by atoms with Crippen LogP contribution in [0.2, 0.25) is 0 Å². The molecule has 0 aliphatic carbocycles. The number of benzene rings is 2. The summed E-state index contributed by atoms with van der Waals surface area (Å²) in [5.74, 6) is 0.0202. The molecule has 0 unspecified atom stereocenters. The number of aryl methyl sites for hydroxylation is 1. The predicted molar refractivity (Wildman–Crippen MR) is 121 cm³/mol.